The van der Waals surface area contributed by atoms with Gasteiger partial charge in [0.1, 0.15) is 6.54 Å². The van der Waals surface area contributed by atoms with E-state index in [9.17, 15) is 13.2 Å². The Hall–Kier alpha value is -1.17. The first-order valence-corrected chi connectivity index (χ1v) is 5.49. The first kappa shape index (κ1) is 12.3. The molecule has 0 bridgehead atoms. The van der Waals surface area contributed by atoms with Crippen molar-refractivity contribution in [2.75, 3.05) is 17.2 Å². The summed E-state index contributed by atoms with van der Waals surface area (Å²) in [7, 11) is 0. The van der Waals surface area contributed by atoms with Crippen LogP contribution < -0.4 is 10.6 Å². The van der Waals surface area contributed by atoms with Crippen molar-refractivity contribution in [1.29, 1.82) is 0 Å². The Morgan fingerprint density at radius 1 is 1.47 bits per heavy atom. The molecule has 1 aromatic heterocycles. The average molecular weight is 266 g/mol. The van der Waals surface area contributed by atoms with Gasteiger partial charge in [-0.1, -0.05) is 11.6 Å². The Morgan fingerprint density at radius 2 is 2.12 bits per heavy atom. The molecule has 3 nitrogen and oxygen atoms in total. The quantitative estimate of drug-likeness (QED) is 0.914. The molecule has 1 fully saturated rings. The summed E-state index contributed by atoms with van der Waals surface area (Å²) in [5.41, 5.74) is 5.83. The fourth-order valence-electron chi connectivity index (χ4n) is 1.64. The lowest BCUT2D eigenvalue weighted by atomic mass is 10.3. The van der Waals surface area contributed by atoms with E-state index in [1.54, 1.807) is 0 Å². The van der Waals surface area contributed by atoms with Crippen LogP contribution in [0.25, 0.3) is 0 Å². The molecule has 2 rings (SSSR count). The van der Waals surface area contributed by atoms with Crippen LogP contribution in [0.3, 0.4) is 0 Å². The highest BCUT2D eigenvalue weighted by atomic mass is 35.5. The van der Waals surface area contributed by atoms with Crippen LogP contribution in [-0.4, -0.2) is 23.7 Å². The van der Waals surface area contributed by atoms with Crippen molar-refractivity contribution in [3.63, 3.8) is 0 Å². The fraction of sp³-hybridized carbons (Fsp3) is 0.500. The molecular weight excluding hydrogens is 255 g/mol. The first-order valence-electron chi connectivity index (χ1n) is 5.11. The maximum atomic E-state index is 12.5. The molecule has 17 heavy (non-hydrogen) atoms. The second kappa shape index (κ2) is 4.25. The number of nitrogen functional groups attached to an aromatic ring is 1. The minimum atomic E-state index is -4.27. The van der Waals surface area contributed by atoms with E-state index in [1.807, 2.05) is 0 Å². The van der Waals surface area contributed by atoms with Crippen molar-refractivity contribution in [2.24, 2.45) is 0 Å². The molecule has 0 aliphatic heterocycles. The van der Waals surface area contributed by atoms with Gasteiger partial charge in [0.2, 0.25) is 0 Å². The number of hydrogen-bond donors (Lipinski definition) is 1. The van der Waals surface area contributed by atoms with Crippen molar-refractivity contribution >= 4 is 23.1 Å². The molecule has 94 valence electrons. The number of halogens is 4. The van der Waals surface area contributed by atoms with E-state index in [4.69, 9.17) is 17.3 Å². The predicted octanol–water partition coefficient (Wildman–Crippen LogP) is 2.85. The van der Waals surface area contributed by atoms with Gasteiger partial charge < -0.3 is 10.6 Å². The van der Waals surface area contributed by atoms with Crippen molar-refractivity contribution in [3.8, 4) is 0 Å². The van der Waals surface area contributed by atoms with E-state index in [-0.39, 0.29) is 17.5 Å². The van der Waals surface area contributed by atoms with Gasteiger partial charge >= 0.3 is 6.18 Å². The van der Waals surface area contributed by atoms with Crippen LogP contribution in [-0.2, 0) is 0 Å². The molecule has 1 aliphatic carbocycles. The van der Waals surface area contributed by atoms with E-state index >= 15 is 0 Å². The summed E-state index contributed by atoms with van der Waals surface area (Å²) in [6.07, 6.45) is -1.49. The zero-order chi connectivity index (χ0) is 12.6. The summed E-state index contributed by atoms with van der Waals surface area (Å²) in [4.78, 5) is 5.09. The SMILES string of the molecule is Nc1cc(Cl)cnc1N(CC(F)(F)F)C1CC1. The van der Waals surface area contributed by atoms with Crippen molar-refractivity contribution < 1.29 is 13.2 Å². The molecule has 0 spiro atoms. The molecule has 1 heterocycles. The van der Waals surface area contributed by atoms with E-state index < -0.39 is 12.7 Å². The van der Waals surface area contributed by atoms with Gasteiger partial charge in [-0.25, -0.2) is 4.98 Å². The molecule has 0 unspecified atom stereocenters. The molecule has 7 heteroatoms. The number of anilines is 2. The summed E-state index contributed by atoms with van der Waals surface area (Å²) in [5.74, 6) is 0.161. The first-order chi connectivity index (χ1) is 7.87. The van der Waals surface area contributed by atoms with E-state index in [2.05, 4.69) is 4.98 Å². The Balaban J connectivity index is 2.26. The predicted molar refractivity (Wildman–Crippen MR) is 60.1 cm³/mol. The third-order valence-electron chi connectivity index (χ3n) is 2.47. The second-order valence-electron chi connectivity index (χ2n) is 4.04. The molecular formula is C10H11ClF3N3. The average Bonchev–Trinajstić information content (AvgIpc) is 2.96. The minimum absolute atomic E-state index is 0.118. The van der Waals surface area contributed by atoms with Crippen LogP contribution in [0, 0.1) is 0 Å². The largest absolute Gasteiger partial charge is 0.405 e. The molecule has 0 atom stereocenters. The molecule has 1 aromatic rings. The van der Waals surface area contributed by atoms with Gasteiger partial charge in [-0.2, -0.15) is 13.2 Å². The monoisotopic (exact) mass is 265 g/mol. The summed E-state index contributed by atoms with van der Waals surface area (Å²) in [6, 6.07) is 1.29. The lowest BCUT2D eigenvalue weighted by Gasteiger charge is -2.25. The highest BCUT2D eigenvalue weighted by Crippen LogP contribution is 2.36. The lowest BCUT2D eigenvalue weighted by molar-refractivity contribution is -0.120. The van der Waals surface area contributed by atoms with E-state index in [0.29, 0.717) is 5.02 Å². The number of nitrogens with two attached hydrogens (primary N) is 1. The van der Waals surface area contributed by atoms with Crippen LogP contribution in [0.4, 0.5) is 24.7 Å². The number of alkyl halides is 3. The topological polar surface area (TPSA) is 42.1 Å². The van der Waals surface area contributed by atoms with Crippen LogP contribution in [0.1, 0.15) is 12.8 Å². The second-order valence-corrected chi connectivity index (χ2v) is 4.48. The third kappa shape index (κ3) is 3.15. The van der Waals surface area contributed by atoms with Gasteiger partial charge in [-0.3, -0.25) is 0 Å². The van der Waals surface area contributed by atoms with Gasteiger partial charge in [-0.15, -0.1) is 0 Å². The zero-order valence-corrected chi connectivity index (χ0v) is 9.59. The molecule has 1 saturated carbocycles. The van der Waals surface area contributed by atoms with Gasteiger partial charge in [0.05, 0.1) is 10.7 Å². The maximum absolute atomic E-state index is 12.5. The normalized spacial score (nSPS) is 16.0. The van der Waals surface area contributed by atoms with Crippen LogP contribution in [0.5, 0.6) is 0 Å². The number of nitrogens with zero attached hydrogens (tertiary/aromatic N) is 2. The van der Waals surface area contributed by atoms with Crippen molar-refractivity contribution in [1.82, 2.24) is 4.98 Å². The van der Waals surface area contributed by atoms with Gasteiger partial charge in [0, 0.05) is 12.2 Å². The number of hydrogen-bond acceptors (Lipinski definition) is 3. The van der Waals surface area contributed by atoms with E-state index in [1.165, 1.54) is 17.2 Å². The zero-order valence-electron chi connectivity index (χ0n) is 8.84. The van der Waals surface area contributed by atoms with E-state index in [0.717, 1.165) is 12.8 Å². The maximum Gasteiger partial charge on any atom is 0.405 e. The molecule has 0 aromatic carbocycles. The number of rotatable bonds is 3. The van der Waals surface area contributed by atoms with Crippen molar-refractivity contribution in [2.45, 2.75) is 25.1 Å². The Bertz CT molecular complexity index is 418. The third-order valence-corrected chi connectivity index (χ3v) is 2.68. The highest BCUT2D eigenvalue weighted by Gasteiger charge is 2.39. The summed E-state index contributed by atoms with van der Waals surface area (Å²) < 4.78 is 37.4. The van der Waals surface area contributed by atoms with Crippen LogP contribution in [0.2, 0.25) is 5.02 Å². The van der Waals surface area contributed by atoms with Gasteiger partial charge in [-0.05, 0) is 18.9 Å². The summed E-state index contributed by atoms with van der Waals surface area (Å²) in [5, 5.41) is 0.314. The smallest absolute Gasteiger partial charge is 0.396 e. The molecule has 2 N–H and O–H groups in total. The minimum Gasteiger partial charge on any atom is -0.396 e. The van der Waals surface area contributed by atoms with Crippen LogP contribution in [0.15, 0.2) is 12.3 Å². The molecule has 0 saturated heterocycles. The molecule has 0 radical (unpaired) electrons. The highest BCUT2D eigenvalue weighted by molar-refractivity contribution is 6.30. The Morgan fingerprint density at radius 3 is 2.59 bits per heavy atom. The van der Waals surface area contributed by atoms with Gasteiger partial charge in [0.25, 0.3) is 0 Å². The lowest BCUT2D eigenvalue weighted by Crippen LogP contribution is -2.37. The summed E-state index contributed by atoms with van der Waals surface area (Å²) in [6.45, 7) is -1.03. The number of pyridine rings is 1. The standard InChI is InChI=1S/C10H11ClF3N3/c11-6-3-8(15)9(16-4-6)17(7-1-2-7)5-10(12,13)14/h3-4,7H,1-2,5,15H2. The Labute approximate surface area is 101 Å². The van der Waals surface area contributed by atoms with Gasteiger partial charge in [0.15, 0.2) is 5.82 Å². The fourth-order valence-corrected chi connectivity index (χ4v) is 1.81. The van der Waals surface area contributed by atoms with Crippen LogP contribution >= 0.6 is 11.6 Å². The van der Waals surface area contributed by atoms with Crippen molar-refractivity contribution in [3.05, 3.63) is 17.3 Å². The molecule has 0 amide bonds. The molecule has 1 aliphatic rings. The number of aromatic nitrogens is 1. The summed E-state index contributed by atoms with van der Waals surface area (Å²) >= 11 is 5.67. The Kier molecular flexibility index (Phi) is 3.07.